The van der Waals surface area contributed by atoms with Crippen LogP contribution < -0.4 is 4.90 Å². The van der Waals surface area contributed by atoms with Gasteiger partial charge in [0.1, 0.15) is 0 Å². The number of hydrogen-bond donors (Lipinski definition) is 0. The highest BCUT2D eigenvalue weighted by Gasteiger charge is 2.39. The maximum atomic E-state index is 12.2. The first-order valence-electron chi connectivity index (χ1n) is 6.80. The van der Waals surface area contributed by atoms with E-state index >= 15 is 0 Å². The van der Waals surface area contributed by atoms with E-state index in [-0.39, 0.29) is 25.2 Å². The van der Waals surface area contributed by atoms with E-state index in [1.54, 1.807) is 26.1 Å². The van der Waals surface area contributed by atoms with E-state index < -0.39 is 27.2 Å². The number of amides is 1. The molecule has 0 saturated carbocycles. The molecule has 1 aliphatic heterocycles. The van der Waals surface area contributed by atoms with Crippen molar-refractivity contribution in [3.63, 3.8) is 0 Å². The van der Waals surface area contributed by atoms with Crippen LogP contribution >= 0.6 is 0 Å². The summed E-state index contributed by atoms with van der Waals surface area (Å²) in [6.07, 6.45) is -0.348. The molecule has 120 valence electrons. The molecule has 1 aliphatic rings. The minimum absolute atomic E-state index is 0.0302. The van der Waals surface area contributed by atoms with E-state index in [0.717, 1.165) is 0 Å². The summed E-state index contributed by atoms with van der Waals surface area (Å²) in [5, 5.41) is -1.15. The second kappa shape index (κ2) is 6.45. The lowest BCUT2D eigenvalue weighted by molar-refractivity contribution is 0.0987. The molecule has 7 nitrogen and oxygen atoms in total. The summed E-state index contributed by atoms with van der Waals surface area (Å²) in [4.78, 5) is 25.1. The zero-order valence-corrected chi connectivity index (χ0v) is 13.1. The average molecular weight is 327 g/mol. The molecule has 0 radical (unpaired) electrons. The Labute approximate surface area is 128 Å². The van der Waals surface area contributed by atoms with Crippen molar-refractivity contribution >= 4 is 27.7 Å². The average Bonchev–Trinajstić information content (AvgIpc) is 2.85. The van der Waals surface area contributed by atoms with Crippen molar-refractivity contribution in [2.24, 2.45) is 0 Å². The van der Waals surface area contributed by atoms with Crippen LogP contribution in [0.3, 0.4) is 0 Å². The Morgan fingerprint density at radius 1 is 1.32 bits per heavy atom. The van der Waals surface area contributed by atoms with E-state index in [1.165, 1.54) is 17.0 Å². The maximum Gasteiger partial charge on any atom is 0.413 e. The molecule has 1 heterocycles. The Hall–Kier alpha value is -1.93. The second-order valence-electron chi connectivity index (χ2n) is 4.76. The lowest BCUT2D eigenvalue weighted by Gasteiger charge is -2.17. The molecule has 1 saturated heterocycles. The van der Waals surface area contributed by atoms with Crippen LogP contribution in [0.5, 0.6) is 0 Å². The molecule has 0 aromatic heterocycles. The monoisotopic (exact) mass is 327 g/mol. The van der Waals surface area contributed by atoms with Gasteiger partial charge in [0, 0.05) is 18.3 Å². The van der Waals surface area contributed by atoms with Gasteiger partial charge >= 0.3 is 6.09 Å². The summed E-state index contributed by atoms with van der Waals surface area (Å²) in [6.45, 7) is 2.00. The molecule has 2 rings (SSSR count). The van der Waals surface area contributed by atoms with Crippen molar-refractivity contribution in [1.82, 2.24) is 0 Å². The molecule has 1 fully saturated rings. The van der Waals surface area contributed by atoms with Gasteiger partial charge in [-0.05, 0) is 37.6 Å². The fourth-order valence-corrected chi connectivity index (χ4v) is 3.40. The number of carbonyl (C=O) groups is 2. The molecule has 1 atom stereocenters. The summed E-state index contributed by atoms with van der Waals surface area (Å²) >= 11 is 0. The van der Waals surface area contributed by atoms with Gasteiger partial charge in [0.15, 0.2) is 11.0 Å². The summed E-state index contributed by atoms with van der Waals surface area (Å²) in [7, 11) is -2.27. The number of benzene rings is 1. The molecule has 1 amide bonds. The number of ketones is 1. The second-order valence-corrected chi connectivity index (χ2v) is 6.55. The van der Waals surface area contributed by atoms with Crippen molar-refractivity contribution in [2.75, 3.05) is 25.2 Å². The van der Waals surface area contributed by atoms with E-state index in [9.17, 15) is 18.0 Å². The topological polar surface area (TPSA) is 90.0 Å². The lowest BCUT2D eigenvalue weighted by atomic mass is 10.1. The largest absolute Gasteiger partial charge is 0.449 e. The van der Waals surface area contributed by atoms with Gasteiger partial charge in [0.2, 0.25) is 0 Å². The van der Waals surface area contributed by atoms with Gasteiger partial charge in [-0.3, -0.25) is 13.9 Å². The first-order valence-corrected chi connectivity index (χ1v) is 8.27. The third-order valence-electron chi connectivity index (χ3n) is 3.35. The highest BCUT2D eigenvalue weighted by atomic mass is 32.2. The van der Waals surface area contributed by atoms with Crippen LogP contribution in [0.4, 0.5) is 10.5 Å². The minimum atomic E-state index is -3.82. The van der Waals surface area contributed by atoms with Crippen LogP contribution in [-0.2, 0) is 19.0 Å². The molecular formula is C14H17NO6S. The van der Waals surface area contributed by atoms with Gasteiger partial charge in [0.05, 0.1) is 13.2 Å². The molecular weight excluding hydrogens is 310 g/mol. The van der Waals surface area contributed by atoms with E-state index in [0.29, 0.717) is 5.69 Å². The van der Waals surface area contributed by atoms with Gasteiger partial charge in [-0.2, -0.15) is 8.42 Å². The zero-order valence-electron chi connectivity index (χ0n) is 12.3. The Kier molecular flexibility index (Phi) is 4.82. The van der Waals surface area contributed by atoms with Gasteiger partial charge in [-0.15, -0.1) is 0 Å². The summed E-state index contributed by atoms with van der Waals surface area (Å²) < 4.78 is 32.7. The third kappa shape index (κ3) is 3.28. The van der Waals surface area contributed by atoms with Crippen molar-refractivity contribution in [1.29, 1.82) is 0 Å². The highest BCUT2D eigenvalue weighted by molar-refractivity contribution is 7.88. The fraction of sp³-hybridized carbons (Fsp3) is 0.429. The number of ether oxygens (including phenoxy) is 1. The van der Waals surface area contributed by atoms with Gasteiger partial charge in [0.25, 0.3) is 10.1 Å². The SMILES string of the molecule is CCOC(=O)N(C)c1ccc(C(=O)C2CCOS2(=O)=O)cc1. The molecule has 0 N–H and O–H groups in total. The molecule has 1 unspecified atom stereocenters. The molecule has 8 heteroatoms. The Balaban J connectivity index is 2.15. The molecule has 1 aromatic rings. The van der Waals surface area contributed by atoms with Crippen LogP contribution in [0.25, 0.3) is 0 Å². The number of anilines is 1. The highest BCUT2D eigenvalue weighted by Crippen LogP contribution is 2.23. The van der Waals surface area contributed by atoms with Crippen LogP contribution in [0.2, 0.25) is 0 Å². The Morgan fingerprint density at radius 3 is 2.45 bits per heavy atom. The van der Waals surface area contributed by atoms with E-state index in [2.05, 4.69) is 4.18 Å². The first-order chi connectivity index (χ1) is 10.4. The molecule has 1 aromatic carbocycles. The predicted octanol–water partition coefficient (Wildman–Crippen LogP) is 1.58. The van der Waals surface area contributed by atoms with E-state index in [1.807, 2.05) is 0 Å². The smallest absolute Gasteiger partial charge is 0.413 e. The summed E-state index contributed by atoms with van der Waals surface area (Å²) in [5.74, 6) is -0.497. The number of carbonyl (C=O) groups excluding carboxylic acids is 2. The number of hydrogen-bond acceptors (Lipinski definition) is 6. The zero-order chi connectivity index (χ0) is 16.3. The molecule has 0 aliphatic carbocycles. The normalized spacial score (nSPS) is 19.6. The summed E-state index contributed by atoms with van der Waals surface area (Å²) in [6, 6.07) is 6.10. The first kappa shape index (κ1) is 16.4. The number of rotatable bonds is 4. The fourth-order valence-electron chi connectivity index (χ4n) is 2.12. The van der Waals surface area contributed by atoms with Gasteiger partial charge < -0.3 is 4.74 Å². The van der Waals surface area contributed by atoms with Crippen molar-refractivity contribution < 1.29 is 26.9 Å². The Bertz CT molecular complexity index is 667. The molecule has 0 spiro atoms. The standard InChI is InChI=1S/C14H17NO6S/c1-3-20-14(17)15(2)11-6-4-10(5-7-11)13(16)12-8-9-21-22(12,18)19/h4-7,12H,3,8-9H2,1-2H3. The van der Waals surface area contributed by atoms with Gasteiger partial charge in [-0.25, -0.2) is 4.79 Å². The Morgan fingerprint density at radius 2 is 1.95 bits per heavy atom. The van der Waals surface area contributed by atoms with Crippen LogP contribution in [-0.4, -0.2) is 45.8 Å². The van der Waals surface area contributed by atoms with Crippen molar-refractivity contribution in [2.45, 2.75) is 18.6 Å². The van der Waals surface area contributed by atoms with Crippen molar-refractivity contribution in [3.05, 3.63) is 29.8 Å². The predicted molar refractivity (Wildman–Crippen MR) is 79.5 cm³/mol. The quantitative estimate of drug-likeness (QED) is 0.616. The van der Waals surface area contributed by atoms with E-state index in [4.69, 9.17) is 4.74 Å². The van der Waals surface area contributed by atoms with Crippen molar-refractivity contribution in [3.8, 4) is 0 Å². The van der Waals surface area contributed by atoms with Crippen LogP contribution in [0.1, 0.15) is 23.7 Å². The lowest BCUT2D eigenvalue weighted by Crippen LogP contribution is -2.27. The molecule has 22 heavy (non-hydrogen) atoms. The third-order valence-corrected chi connectivity index (χ3v) is 4.99. The maximum absolute atomic E-state index is 12.2. The van der Waals surface area contributed by atoms with Crippen LogP contribution in [0.15, 0.2) is 24.3 Å². The number of nitrogens with zero attached hydrogens (tertiary/aromatic N) is 1. The minimum Gasteiger partial charge on any atom is -0.449 e. The summed E-state index contributed by atoms with van der Waals surface area (Å²) in [5.41, 5.74) is 0.806. The number of Topliss-reactive ketones (excluding diaryl/α,β-unsaturated/α-hetero) is 1. The molecule has 0 bridgehead atoms. The van der Waals surface area contributed by atoms with Crippen LogP contribution in [0, 0.1) is 0 Å². The van der Waals surface area contributed by atoms with Gasteiger partial charge in [-0.1, -0.05) is 0 Å².